The van der Waals surface area contributed by atoms with Gasteiger partial charge < -0.3 is 0 Å². The van der Waals surface area contributed by atoms with E-state index >= 15 is 0 Å². The quantitative estimate of drug-likeness (QED) is 0.636. The van der Waals surface area contributed by atoms with Crippen LogP contribution in [0.15, 0.2) is 30.3 Å². The third-order valence-electron chi connectivity index (χ3n) is 3.66. The number of hydrogen-bond donors (Lipinski definition) is 0. The highest BCUT2D eigenvalue weighted by Gasteiger charge is 2.27. The van der Waals surface area contributed by atoms with Gasteiger partial charge in [0.1, 0.15) is 0 Å². The molecule has 0 bridgehead atoms. The van der Waals surface area contributed by atoms with Crippen molar-refractivity contribution < 1.29 is 0 Å². The van der Waals surface area contributed by atoms with Crippen molar-refractivity contribution in [2.75, 3.05) is 0 Å². The van der Waals surface area contributed by atoms with Crippen molar-refractivity contribution in [2.24, 2.45) is 5.41 Å². The first-order valence-corrected chi connectivity index (χ1v) is 7.38. The summed E-state index contributed by atoms with van der Waals surface area (Å²) in [6.07, 6.45) is 6.82. The number of hydrogen-bond acceptors (Lipinski definition) is 0. The van der Waals surface area contributed by atoms with E-state index in [1.165, 1.54) is 29.5 Å². The van der Waals surface area contributed by atoms with Gasteiger partial charge in [-0.2, -0.15) is 0 Å². The van der Waals surface area contributed by atoms with E-state index in [0.717, 1.165) is 12.8 Å². The SMILES string of the molecule is CCCc1ccc(C2=CC(Cl)CC(C)(C)C2)cc1. The van der Waals surface area contributed by atoms with Crippen LogP contribution in [-0.2, 0) is 6.42 Å². The second kappa shape index (κ2) is 5.48. The van der Waals surface area contributed by atoms with Crippen LogP contribution in [0, 0.1) is 5.41 Å². The molecule has 2 rings (SSSR count). The van der Waals surface area contributed by atoms with Gasteiger partial charge in [-0.15, -0.1) is 11.6 Å². The average Bonchev–Trinajstić information content (AvgIpc) is 2.27. The van der Waals surface area contributed by atoms with E-state index in [-0.39, 0.29) is 5.38 Å². The molecule has 0 nitrogen and oxygen atoms in total. The molecule has 0 saturated carbocycles. The Balaban J connectivity index is 2.20. The highest BCUT2D eigenvalue weighted by molar-refractivity contribution is 6.22. The van der Waals surface area contributed by atoms with Gasteiger partial charge in [0.15, 0.2) is 0 Å². The third kappa shape index (κ3) is 3.38. The number of allylic oxidation sites excluding steroid dienone is 2. The van der Waals surface area contributed by atoms with Gasteiger partial charge in [0.2, 0.25) is 0 Å². The zero-order valence-electron chi connectivity index (χ0n) is 11.7. The molecular weight excluding hydrogens is 240 g/mol. The molecule has 1 atom stereocenters. The Kier molecular flexibility index (Phi) is 4.17. The zero-order valence-corrected chi connectivity index (χ0v) is 12.4. The Morgan fingerprint density at radius 2 is 1.89 bits per heavy atom. The molecule has 0 N–H and O–H groups in total. The van der Waals surface area contributed by atoms with E-state index in [1.54, 1.807) is 0 Å². The van der Waals surface area contributed by atoms with Crippen LogP contribution in [0.1, 0.15) is 51.2 Å². The largest absolute Gasteiger partial charge is 0.118 e. The van der Waals surface area contributed by atoms with Crippen molar-refractivity contribution in [3.63, 3.8) is 0 Å². The van der Waals surface area contributed by atoms with Crippen molar-refractivity contribution in [1.29, 1.82) is 0 Å². The summed E-state index contributed by atoms with van der Waals surface area (Å²) in [5.74, 6) is 0. The Hall–Kier alpha value is -0.750. The second-order valence-corrected chi connectivity index (χ2v) is 6.76. The summed E-state index contributed by atoms with van der Waals surface area (Å²) in [4.78, 5) is 0. The fraction of sp³-hybridized carbons (Fsp3) is 0.529. The highest BCUT2D eigenvalue weighted by atomic mass is 35.5. The summed E-state index contributed by atoms with van der Waals surface area (Å²) in [5.41, 5.74) is 4.50. The molecule has 1 aliphatic rings. The minimum absolute atomic E-state index is 0.180. The smallest absolute Gasteiger partial charge is 0.0527 e. The van der Waals surface area contributed by atoms with E-state index in [9.17, 15) is 0 Å². The van der Waals surface area contributed by atoms with Crippen molar-refractivity contribution in [3.05, 3.63) is 41.5 Å². The minimum Gasteiger partial charge on any atom is -0.118 e. The van der Waals surface area contributed by atoms with Crippen LogP contribution in [0.4, 0.5) is 0 Å². The van der Waals surface area contributed by atoms with Gasteiger partial charge >= 0.3 is 0 Å². The van der Waals surface area contributed by atoms with Crippen LogP contribution in [0.3, 0.4) is 0 Å². The number of rotatable bonds is 3. The maximum Gasteiger partial charge on any atom is 0.0527 e. The van der Waals surface area contributed by atoms with Gasteiger partial charge in [-0.1, -0.05) is 57.5 Å². The molecule has 1 heteroatoms. The highest BCUT2D eigenvalue weighted by Crippen LogP contribution is 2.41. The molecule has 1 aromatic carbocycles. The topological polar surface area (TPSA) is 0 Å². The molecule has 18 heavy (non-hydrogen) atoms. The number of aryl methyl sites for hydroxylation is 1. The molecule has 0 heterocycles. The van der Waals surface area contributed by atoms with Crippen molar-refractivity contribution in [3.8, 4) is 0 Å². The standard InChI is InChI=1S/C17H23Cl/c1-4-5-13-6-8-14(9-7-13)15-10-16(18)12-17(2,3)11-15/h6-10,16H,4-5,11-12H2,1-3H3. The number of halogens is 1. The maximum absolute atomic E-state index is 6.35. The average molecular weight is 263 g/mol. The first-order chi connectivity index (χ1) is 8.50. The molecule has 0 amide bonds. The van der Waals surface area contributed by atoms with Crippen LogP contribution in [-0.4, -0.2) is 5.38 Å². The Labute approximate surface area is 116 Å². The van der Waals surface area contributed by atoms with E-state index in [4.69, 9.17) is 11.6 Å². The predicted octanol–water partition coefficient (Wildman–Crippen LogP) is 5.45. The third-order valence-corrected chi connectivity index (χ3v) is 3.94. The van der Waals surface area contributed by atoms with E-state index in [2.05, 4.69) is 51.1 Å². The summed E-state index contributed by atoms with van der Waals surface area (Å²) in [6, 6.07) is 9.01. The number of benzene rings is 1. The summed E-state index contributed by atoms with van der Waals surface area (Å²) in [7, 11) is 0. The molecule has 0 saturated heterocycles. The van der Waals surface area contributed by atoms with Gasteiger partial charge in [-0.05, 0) is 41.4 Å². The van der Waals surface area contributed by atoms with Crippen LogP contribution in [0.5, 0.6) is 0 Å². The fourth-order valence-electron chi connectivity index (χ4n) is 2.82. The molecule has 0 aliphatic heterocycles. The van der Waals surface area contributed by atoms with Gasteiger partial charge in [-0.25, -0.2) is 0 Å². The first-order valence-electron chi connectivity index (χ1n) is 6.94. The van der Waals surface area contributed by atoms with Crippen LogP contribution < -0.4 is 0 Å². The molecule has 1 unspecified atom stereocenters. The maximum atomic E-state index is 6.35. The Morgan fingerprint density at radius 1 is 1.22 bits per heavy atom. The Bertz CT molecular complexity index is 425. The zero-order chi connectivity index (χ0) is 13.2. The molecule has 0 radical (unpaired) electrons. The summed E-state index contributed by atoms with van der Waals surface area (Å²) in [6.45, 7) is 6.83. The predicted molar refractivity (Wildman–Crippen MR) is 81.1 cm³/mol. The van der Waals surface area contributed by atoms with Crippen molar-refractivity contribution in [2.45, 2.75) is 51.8 Å². The first kappa shape index (κ1) is 13.7. The molecular formula is C17H23Cl. The lowest BCUT2D eigenvalue weighted by Crippen LogP contribution is -2.21. The van der Waals surface area contributed by atoms with Gasteiger partial charge in [-0.3, -0.25) is 0 Å². The lowest BCUT2D eigenvalue weighted by atomic mass is 9.75. The molecule has 0 fully saturated rings. The summed E-state index contributed by atoms with van der Waals surface area (Å²) >= 11 is 6.35. The molecule has 1 aliphatic carbocycles. The minimum atomic E-state index is 0.180. The van der Waals surface area contributed by atoms with Gasteiger partial charge in [0.05, 0.1) is 5.38 Å². The molecule has 98 valence electrons. The molecule has 1 aromatic rings. The number of alkyl halides is 1. The molecule has 0 aromatic heterocycles. The van der Waals surface area contributed by atoms with Crippen LogP contribution in [0.2, 0.25) is 0 Å². The van der Waals surface area contributed by atoms with Crippen LogP contribution in [0.25, 0.3) is 5.57 Å². The monoisotopic (exact) mass is 262 g/mol. The summed E-state index contributed by atoms with van der Waals surface area (Å²) < 4.78 is 0. The van der Waals surface area contributed by atoms with Gasteiger partial charge in [0, 0.05) is 0 Å². The van der Waals surface area contributed by atoms with Crippen molar-refractivity contribution >= 4 is 17.2 Å². The Morgan fingerprint density at radius 3 is 2.44 bits per heavy atom. The lowest BCUT2D eigenvalue weighted by molar-refractivity contribution is 0.340. The van der Waals surface area contributed by atoms with Crippen LogP contribution >= 0.6 is 11.6 Å². The summed E-state index contributed by atoms with van der Waals surface area (Å²) in [5, 5.41) is 0.180. The van der Waals surface area contributed by atoms with E-state index in [0.29, 0.717) is 5.41 Å². The van der Waals surface area contributed by atoms with E-state index < -0.39 is 0 Å². The normalized spacial score (nSPS) is 22.7. The van der Waals surface area contributed by atoms with Crippen molar-refractivity contribution in [1.82, 2.24) is 0 Å². The second-order valence-electron chi connectivity index (χ2n) is 6.20. The molecule has 0 spiro atoms. The van der Waals surface area contributed by atoms with E-state index in [1.807, 2.05) is 0 Å². The van der Waals surface area contributed by atoms with Gasteiger partial charge in [0.25, 0.3) is 0 Å². The fourth-order valence-corrected chi connectivity index (χ4v) is 3.39. The lowest BCUT2D eigenvalue weighted by Gasteiger charge is -2.32.